The van der Waals surface area contributed by atoms with E-state index in [2.05, 4.69) is 18.3 Å². The summed E-state index contributed by atoms with van der Waals surface area (Å²) in [7, 11) is 2.74. The number of rotatable bonds is 22. The van der Waals surface area contributed by atoms with Gasteiger partial charge in [-0.1, -0.05) is 69.4 Å². The van der Waals surface area contributed by atoms with Crippen molar-refractivity contribution in [3.8, 4) is 0 Å². The molecule has 1 saturated heterocycles. The summed E-state index contributed by atoms with van der Waals surface area (Å²) < 4.78 is 28.4. The van der Waals surface area contributed by atoms with Gasteiger partial charge in [0.2, 0.25) is 0 Å². The molecule has 0 radical (unpaired) electrons. The summed E-state index contributed by atoms with van der Waals surface area (Å²) in [5.41, 5.74) is -1.31. The molecule has 0 bridgehead atoms. The highest BCUT2D eigenvalue weighted by Gasteiger charge is 2.58. The smallest absolute Gasteiger partial charge is 0.336 e. The number of unbranched alkanes of at least 4 members (excludes halogenated alkanes) is 7. The van der Waals surface area contributed by atoms with E-state index in [4.69, 9.17) is 23.7 Å². The van der Waals surface area contributed by atoms with Gasteiger partial charge in [0, 0.05) is 25.5 Å². The van der Waals surface area contributed by atoms with E-state index in [-0.39, 0.29) is 13.4 Å². The zero-order chi connectivity index (χ0) is 31.6. The van der Waals surface area contributed by atoms with Crippen LogP contribution in [0.5, 0.6) is 0 Å². The van der Waals surface area contributed by atoms with Gasteiger partial charge in [-0.25, -0.2) is 4.79 Å². The quantitative estimate of drug-likeness (QED) is 0.0712. The fourth-order valence-electron chi connectivity index (χ4n) is 5.33. The van der Waals surface area contributed by atoms with E-state index in [1.807, 2.05) is 12.1 Å². The highest BCUT2D eigenvalue weighted by atomic mass is 16.8. The van der Waals surface area contributed by atoms with Crippen LogP contribution < -0.4 is 5.32 Å². The number of allylic oxidation sites excluding steroid dienone is 1. The third-order valence-corrected chi connectivity index (χ3v) is 7.54. The molecule has 1 aromatic carbocycles. The first-order valence-corrected chi connectivity index (χ1v) is 15.7. The molecule has 1 aromatic rings. The van der Waals surface area contributed by atoms with Gasteiger partial charge in [0.25, 0.3) is 5.91 Å². The van der Waals surface area contributed by atoms with Crippen LogP contribution in [-0.2, 0) is 33.3 Å². The molecular formula is C34H53NO8. The third kappa shape index (κ3) is 12.5. The molecule has 1 aliphatic rings. The van der Waals surface area contributed by atoms with Crippen molar-refractivity contribution in [3.05, 3.63) is 48.0 Å². The van der Waals surface area contributed by atoms with Crippen molar-refractivity contribution in [2.75, 3.05) is 27.6 Å². The molecule has 0 saturated carbocycles. The van der Waals surface area contributed by atoms with Gasteiger partial charge < -0.3 is 29.0 Å². The van der Waals surface area contributed by atoms with Crippen molar-refractivity contribution in [2.24, 2.45) is 0 Å². The second kappa shape index (κ2) is 19.6. The molecule has 242 valence electrons. The number of methoxy groups -OCH3 is 2. The van der Waals surface area contributed by atoms with Crippen LogP contribution >= 0.6 is 0 Å². The van der Waals surface area contributed by atoms with Gasteiger partial charge in [-0.05, 0) is 58.1 Å². The second-order valence-electron chi connectivity index (χ2n) is 11.6. The van der Waals surface area contributed by atoms with Crippen LogP contribution in [0.3, 0.4) is 0 Å². The number of esters is 1. The molecular weight excluding hydrogens is 550 g/mol. The summed E-state index contributed by atoms with van der Waals surface area (Å²) >= 11 is 0. The Bertz CT molecular complexity index is 995. The highest BCUT2D eigenvalue weighted by Crippen LogP contribution is 2.37. The minimum absolute atomic E-state index is 0.0887. The second-order valence-corrected chi connectivity index (χ2v) is 11.6. The predicted molar refractivity (Wildman–Crippen MR) is 166 cm³/mol. The third-order valence-electron chi connectivity index (χ3n) is 7.54. The number of amides is 1. The van der Waals surface area contributed by atoms with Crippen LogP contribution in [0.2, 0.25) is 0 Å². The lowest BCUT2D eigenvalue weighted by Crippen LogP contribution is -2.67. The fourth-order valence-corrected chi connectivity index (χ4v) is 5.33. The van der Waals surface area contributed by atoms with Crippen molar-refractivity contribution in [3.63, 3.8) is 0 Å². The van der Waals surface area contributed by atoms with E-state index in [9.17, 15) is 14.4 Å². The van der Waals surface area contributed by atoms with Crippen LogP contribution in [-0.4, -0.2) is 68.8 Å². The van der Waals surface area contributed by atoms with Gasteiger partial charge in [-0.3, -0.25) is 9.59 Å². The standard InChI is InChI=1S/C34H53NO8/c1-6-7-8-17-22-28(36)23-18-12-10-9-11-13-19-24-29-30(43-33(2,3)42-29)34(32(38)40-5,25-41-26-39-4)35-31(37)27-20-15-14-16-21-27/h13-16,19-21,29-30H,6-12,17-18,22-26H2,1-5H3,(H,35,37)/b19-13-/t29-,30+,34+/m1/s1. The zero-order valence-electron chi connectivity index (χ0n) is 26.9. The molecule has 3 atom stereocenters. The van der Waals surface area contributed by atoms with Crippen LogP contribution in [0, 0.1) is 0 Å². The zero-order valence-corrected chi connectivity index (χ0v) is 26.9. The molecule has 43 heavy (non-hydrogen) atoms. The normalized spacial score (nSPS) is 19.3. The van der Waals surface area contributed by atoms with E-state index in [1.165, 1.54) is 27.1 Å². The maximum atomic E-state index is 13.4. The molecule has 1 amide bonds. The van der Waals surface area contributed by atoms with Gasteiger partial charge in [-0.15, -0.1) is 0 Å². The van der Waals surface area contributed by atoms with Gasteiger partial charge in [0.05, 0.1) is 19.8 Å². The minimum atomic E-state index is -1.69. The lowest BCUT2D eigenvalue weighted by atomic mass is 9.87. The number of hydrogen-bond donors (Lipinski definition) is 1. The molecule has 9 nitrogen and oxygen atoms in total. The average molecular weight is 604 g/mol. The molecule has 1 heterocycles. The first kappa shape index (κ1) is 36.6. The molecule has 2 rings (SSSR count). The van der Waals surface area contributed by atoms with Crippen molar-refractivity contribution in [2.45, 2.75) is 121 Å². The molecule has 9 heteroatoms. The number of carbonyl (C=O) groups excluding carboxylic acids is 3. The number of nitrogens with one attached hydrogen (secondary N) is 1. The summed E-state index contributed by atoms with van der Waals surface area (Å²) in [6, 6.07) is 8.63. The molecule has 1 N–H and O–H groups in total. The largest absolute Gasteiger partial charge is 0.467 e. The van der Waals surface area contributed by atoms with Crippen LogP contribution in [0.25, 0.3) is 0 Å². The molecule has 0 aliphatic carbocycles. The molecule has 1 aliphatic heterocycles. The van der Waals surface area contributed by atoms with E-state index < -0.39 is 35.4 Å². The SMILES string of the molecule is CCCCCCC(=O)CCCCCC/C=C\C[C@H]1OC(C)(C)O[C@@H]1[C@](COCOC)(NC(=O)c1ccccc1)C(=O)OC. The Hall–Kier alpha value is -2.59. The first-order chi connectivity index (χ1) is 20.7. The summed E-state index contributed by atoms with van der Waals surface area (Å²) in [6.45, 7) is 5.40. The van der Waals surface area contributed by atoms with Gasteiger partial charge >= 0.3 is 5.97 Å². The van der Waals surface area contributed by atoms with E-state index in [0.717, 1.165) is 51.4 Å². The maximum absolute atomic E-state index is 13.4. The topological polar surface area (TPSA) is 109 Å². The lowest BCUT2D eigenvalue weighted by molar-refractivity contribution is -0.175. The predicted octanol–water partition coefficient (Wildman–Crippen LogP) is 6.30. The molecule has 1 fully saturated rings. The summed E-state index contributed by atoms with van der Waals surface area (Å²) in [5.74, 6) is -1.78. The Kier molecular flexibility index (Phi) is 16.7. The minimum Gasteiger partial charge on any atom is -0.467 e. The van der Waals surface area contributed by atoms with E-state index in [0.29, 0.717) is 24.2 Å². The van der Waals surface area contributed by atoms with E-state index in [1.54, 1.807) is 38.1 Å². The van der Waals surface area contributed by atoms with Crippen molar-refractivity contribution in [1.29, 1.82) is 0 Å². The number of carbonyl (C=O) groups is 3. The number of Topliss-reactive ketones (excluding diaryl/α,β-unsaturated/α-hetero) is 1. The van der Waals surface area contributed by atoms with Gasteiger partial charge in [0.1, 0.15) is 18.7 Å². The monoisotopic (exact) mass is 603 g/mol. The van der Waals surface area contributed by atoms with Gasteiger partial charge in [0.15, 0.2) is 11.3 Å². The number of ketones is 1. The highest BCUT2D eigenvalue weighted by molar-refractivity contribution is 5.98. The average Bonchev–Trinajstić information content (AvgIpc) is 3.32. The Morgan fingerprint density at radius 2 is 1.60 bits per heavy atom. The van der Waals surface area contributed by atoms with Crippen molar-refractivity contribution < 1.29 is 38.1 Å². The number of benzene rings is 1. The Balaban J connectivity index is 2.00. The molecule has 0 aromatic heterocycles. The molecule has 0 spiro atoms. The fraction of sp³-hybridized carbons (Fsp3) is 0.676. The maximum Gasteiger partial charge on any atom is 0.336 e. The lowest BCUT2D eigenvalue weighted by Gasteiger charge is -2.37. The summed E-state index contributed by atoms with van der Waals surface area (Å²) in [6.07, 6.45) is 14.1. The Morgan fingerprint density at radius 1 is 0.930 bits per heavy atom. The number of ether oxygens (including phenoxy) is 5. The Morgan fingerprint density at radius 3 is 2.26 bits per heavy atom. The van der Waals surface area contributed by atoms with Crippen molar-refractivity contribution >= 4 is 17.7 Å². The molecule has 0 unspecified atom stereocenters. The van der Waals surface area contributed by atoms with Gasteiger partial charge in [-0.2, -0.15) is 0 Å². The Labute approximate surface area is 258 Å². The number of hydrogen-bond acceptors (Lipinski definition) is 8. The van der Waals surface area contributed by atoms with E-state index >= 15 is 0 Å². The van der Waals surface area contributed by atoms with Crippen LogP contribution in [0.1, 0.15) is 108 Å². The first-order valence-electron chi connectivity index (χ1n) is 15.7. The summed E-state index contributed by atoms with van der Waals surface area (Å²) in [4.78, 5) is 38.8. The summed E-state index contributed by atoms with van der Waals surface area (Å²) in [5, 5.41) is 2.87. The van der Waals surface area contributed by atoms with Crippen molar-refractivity contribution in [1.82, 2.24) is 5.32 Å². The van der Waals surface area contributed by atoms with Crippen LogP contribution in [0.4, 0.5) is 0 Å². The van der Waals surface area contributed by atoms with Crippen LogP contribution in [0.15, 0.2) is 42.5 Å².